The van der Waals surface area contributed by atoms with Crippen LogP contribution in [0.3, 0.4) is 0 Å². The van der Waals surface area contributed by atoms with E-state index in [2.05, 4.69) is 15.0 Å². The Bertz CT molecular complexity index is 1500. The molecule has 0 bridgehead atoms. The second kappa shape index (κ2) is 14.4. The Labute approximate surface area is 247 Å². The summed E-state index contributed by atoms with van der Waals surface area (Å²) in [5.74, 6) is 0.795. The molecule has 0 fully saturated rings. The van der Waals surface area contributed by atoms with Gasteiger partial charge in [0.2, 0.25) is 0 Å². The van der Waals surface area contributed by atoms with Crippen LogP contribution in [0, 0.1) is 5.92 Å². The normalized spacial score (nSPS) is 11.9. The third kappa shape index (κ3) is 9.35. The van der Waals surface area contributed by atoms with E-state index in [1.165, 1.54) is 18.2 Å². The number of carbonyl (C=O) groups is 1. The Morgan fingerprint density at radius 2 is 1.77 bits per heavy atom. The standard InChI is InChI=1S/C32H32F3N3O5/c1-4-41-31(39)21(2)16-28-29(42-20-22-8-11-25(40-3)12-9-22)14-13-27(38-28)24-10-15-30(37-19-24)36-18-23-6-5-7-26(17-23)43-32(33,34)35/h5-15,17,19,21H,4,16,18,20H2,1-3H3,(H,36,37)/t21-/m1/s1. The molecule has 0 spiro atoms. The van der Waals surface area contributed by atoms with Crippen molar-refractivity contribution in [1.82, 2.24) is 9.97 Å². The monoisotopic (exact) mass is 595 g/mol. The van der Waals surface area contributed by atoms with Crippen molar-refractivity contribution in [1.29, 1.82) is 0 Å². The molecule has 11 heteroatoms. The number of anilines is 1. The Hall–Kier alpha value is -4.80. The third-order valence-corrected chi connectivity index (χ3v) is 6.34. The zero-order valence-corrected chi connectivity index (χ0v) is 24.0. The molecule has 1 atom stereocenters. The van der Waals surface area contributed by atoms with Crippen LogP contribution in [0.2, 0.25) is 0 Å². The summed E-state index contributed by atoms with van der Waals surface area (Å²) < 4.78 is 58.1. The number of carbonyl (C=O) groups excluding carboxylic acids is 1. The Morgan fingerprint density at radius 1 is 0.977 bits per heavy atom. The van der Waals surface area contributed by atoms with Crippen molar-refractivity contribution in [3.8, 4) is 28.5 Å². The lowest BCUT2D eigenvalue weighted by atomic mass is 10.0. The van der Waals surface area contributed by atoms with Crippen LogP contribution in [0.15, 0.2) is 79.0 Å². The van der Waals surface area contributed by atoms with E-state index in [1.807, 2.05) is 42.5 Å². The number of aromatic nitrogens is 2. The van der Waals surface area contributed by atoms with E-state index in [-0.39, 0.29) is 24.9 Å². The van der Waals surface area contributed by atoms with E-state index in [1.54, 1.807) is 39.3 Å². The Balaban J connectivity index is 1.47. The molecule has 2 heterocycles. The number of pyridine rings is 2. The zero-order chi connectivity index (χ0) is 30.8. The number of hydrogen-bond acceptors (Lipinski definition) is 8. The van der Waals surface area contributed by atoms with Crippen LogP contribution >= 0.6 is 0 Å². The highest BCUT2D eigenvalue weighted by molar-refractivity contribution is 5.72. The summed E-state index contributed by atoms with van der Waals surface area (Å²) in [6.45, 7) is 4.38. The van der Waals surface area contributed by atoms with Gasteiger partial charge in [-0.1, -0.05) is 31.2 Å². The summed E-state index contributed by atoms with van der Waals surface area (Å²) in [4.78, 5) is 21.6. The Kier molecular flexibility index (Phi) is 10.4. The molecule has 0 aliphatic heterocycles. The fourth-order valence-corrected chi connectivity index (χ4v) is 4.16. The maximum absolute atomic E-state index is 12.5. The number of esters is 1. The summed E-state index contributed by atoms with van der Waals surface area (Å²) in [7, 11) is 1.61. The van der Waals surface area contributed by atoms with Crippen LogP contribution in [0.5, 0.6) is 17.2 Å². The van der Waals surface area contributed by atoms with Crippen LogP contribution < -0.4 is 19.5 Å². The van der Waals surface area contributed by atoms with Crippen LogP contribution in [0.4, 0.5) is 19.0 Å². The van der Waals surface area contributed by atoms with E-state index < -0.39 is 12.3 Å². The largest absolute Gasteiger partial charge is 0.573 e. The lowest BCUT2D eigenvalue weighted by Gasteiger charge is -2.16. The van der Waals surface area contributed by atoms with Crippen LogP contribution in [-0.4, -0.2) is 36.0 Å². The highest BCUT2D eigenvalue weighted by Gasteiger charge is 2.31. The molecular formula is C32H32F3N3O5. The summed E-state index contributed by atoms with van der Waals surface area (Å²) in [6.07, 6.45) is -2.80. The number of benzene rings is 2. The second-order valence-corrected chi connectivity index (χ2v) is 9.62. The van der Waals surface area contributed by atoms with Gasteiger partial charge < -0.3 is 24.3 Å². The number of alkyl halides is 3. The number of rotatable bonds is 13. The molecular weight excluding hydrogens is 563 g/mol. The van der Waals surface area contributed by atoms with Gasteiger partial charge >= 0.3 is 12.3 Å². The smallest absolute Gasteiger partial charge is 0.497 e. The number of methoxy groups -OCH3 is 1. The van der Waals surface area contributed by atoms with E-state index in [9.17, 15) is 18.0 Å². The first-order valence-corrected chi connectivity index (χ1v) is 13.6. The lowest BCUT2D eigenvalue weighted by molar-refractivity contribution is -0.274. The molecule has 0 saturated heterocycles. The Morgan fingerprint density at radius 3 is 2.44 bits per heavy atom. The first kappa shape index (κ1) is 31.1. The fraction of sp³-hybridized carbons (Fsp3) is 0.281. The minimum Gasteiger partial charge on any atom is -0.497 e. The quantitative estimate of drug-likeness (QED) is 0.166. The summed E-state index contributed by atoms with van der Waals surface area (Å²) in [6, 6.07) is 20.5. The number of hydrogen-bond donors (Lipinski definition) is 1. The van der Waals surface area contributed by atoms with Gasteiger partial charge in [-0.2, -0.15) is 0 Å². The molecule has 0 aliphatic rings. The van der Waals surface area contributed by atoms with E-state index >= 15 is 0 Å². The van der Waals surface area contributed by atoms with Crippen molar-refractivity contribution in [3.63, 3.8) is 0 Å². The van der Waals surface area contributed by atoms with Crippen molar-refractivity contribution < 1.29 is 36.9 Å². The van der Waals surface area contributed by atoms with Crippen LogP contribution in [-0.2, 0) is 29.1 Å². The van der Waals surface area contributed by atoms with Gasteiger partial charge in [0.05, 0.1) is 31.0 Å². The average Bonchev–Trinajstić information content (AvgIpc) is 2.99. The minimum atomic E-state index is -4.75. The van der Waals surface area contributed by atoms with Gasteiger partial charge in [-0.15, -0.1) is 13.2 Å². The predicted molar refractivity (Wildman–Crippen MR) is 155 cm³/mol. The highest BCUT2D eigenvalue weighted by atomic mass is 19.4. The third-order valence-electron chi connectivity index (χ3n) is 6.34. The number of ether oxygens (including phenoxy) is 4. The molecule has 4 rings (SSSR count). The van der Waals surface area contributed by atoms with Crippen molar-refractivity contribution in [2.75, 3.05) is 19.0 Å². The number of halogens is 3. The van der Waals surface area contributed by atoms with Crippen molar-refractivity contribution >= 4 is 11.8 Å². The van der Waals surface area contributed by atoms with E-state index in [0.29, 0.717) is 41.5 Å². The maximum Gasteiger partial charge on any atom is 0.573 e. The molecule has 2 aromatic carbocycles. The predicted octanol–water partition coefficient (Wildman–Crippen LogP) is 6.98. The lowest BCUT2D eigenvalue weighted by Crippen LogP contribution is -2.18. The van der Waals surface area contributed by atoms with Crippen molar-refractivity contribution in [2.24, 2.45) is 5.92 Å². The zero-order valence-electron chi connectivity index (χ0n) is 24.0. The van der Waals surface area contributed by atoms with Crippen molar-refractivity contribution in [3.05, 3.63) is 95.8 Å². The molecule has 1 N–H and O–H groups in total. The molecule has 0 amide bonds. The molecule has 0 radical (unpaired) electrons. The van der Waals surface area contributed by atoms with E-state index in [4.69, 9.17) is 19.2 Å². The summed E-state index contributed by atoms with van der Waals surface area (Å²) >= 11 is 0. The second-order valence-electron chi connectivity index (χ2n) is 9.62. The SMILES string of the molecule is CCOC(=O)[C@H](C)Cc1nc(-c2ccc(NCc3cccc(OC(F)(F)F)c3)nc2)ccc1OCc1ccc(OC)cc1. The molecule has 4 aromatic rings. The summed E-state index contributed by atoms with van der Waals surface area (Å²) in [5.41, 5.74) is 3.52. The van der Waals surface area contributed by atoms with Crippen LogP contribution in [0.25, 0.3) is 11.3 Å². The van der Waals surface area contributed by atoms with Crippen molar-refractivity contribution in [2.45, 2.75) is 39.8 Å². The van der Waals surface area contributed by atoms with Gasteiger partial charge in [0.25, 0.3) is 0 Å². The van der Waals surface area contributed by atoms with Gasteiger partial charge in [0.15, 0.2) is 0 Å². The van der Waals surface area contributed by atoms with Gasteiger partial charge in [0, 0.05) is 24.7 Å². The van der Waals surface area contributed by atoms with Gasteiger partial charge in [-0.05, 0) is 66.6 Å². The molecule has 2 aromatic heterocycles. The molecule has 0 saturated carbocycles. The highest BCUT2D eigenvalue weighted by Crippen LogP contribution is 2.28. The molecule has 0 unspecified atom stereocenters. The molecule has 43 heavy (non-hydrogen) atoms. The van der Waals surface area contributed by atoms with Gasteiger partial charge in [-0.3, -0.25) is 4.79 Å². The first-order chi connectivity index (χ1) is 20.6. The maximum atomic E-state index is 12.5. The van der Waals surface area contributed by atoms with E-state index in [0.717, 1.165) is 16.9 Å². The van der Waals surface area contributed by atoms with Gasteiger partial charge in [0.1, 0.15) is 29.7 Å². The number of nitrogens with one attached hydrogen (secondary N) is 1. The topological polar surface area (TPSA) is 91.8 Å². The average molecular weight is 596 g/mol. The fourth-order valence-electron chi connectivity index (χ4n) is 4.16. The van der Waals surface area contributed by atoms with Crippen LogP contribution in [0.1, 0.15) is 30.7 Å². The molecule has 226 valence electrons. The minimum absolute atomic E-state index is 0.246. The first-order valence-electron chi connectivity index (χ1n) is 13.6. The molecule has 0 aliphatic carbocycles. The molecule has 8 nitrogen and oxygen atoms in total. The summed E-state index contributed by atoms with van der Waals surface area (Å²) in [5, 5.41) is 3.09. The number of nitrogens with zero attached hydrogens (tertiary/aromatic N) is 2. The van der Waals surface area contributed by atoms with Gasteiger partial charge in [-0.25, -0.2) is 9.97 Å².